The zero-order valence-corrected chi connectivity index (χ0v) is 32.3. The summed E-state index contributed by atoms with van der Waals surface area (Å²) in [5.41, 5.74) is 15.7. The molecular weight excluding hydrogens is 708 g/mol. The monoisotopic (exact) mass is 746 g/mol. The first kappa shape index (κ1) is 34.1. The quantitative estimate of drug-likeness (QED) is 0.164. The van der Waals surface area contributed by atoms with Crippen LogP contribution in [0.3, 0.4) is 0 Å². The van der Waals surface area contributed by atoms with E-state index in [1.54, 1.807) is 12.1 Å². The van der Waals surface area contributed by atoms with E-state index >= 15 is 0 Å². The Bertz CT molecular complexity index is 3220. The van der Waals surface area contributed by atoms with Crippen LogP contribution in [-0.2, 0) is 5.41 Å². The lowest BCUT2D eigenvalue weighted by molar-refractivity contribution is 0.628. The minimum atomic E-state index is -0.247. The minimum Gasteiger partial charge on any atom is -0.310 e. The molecule has 10 aromatic rings. The maximum atomic E-state index is 14.8. The van der Waals surface area contributed by atoms with Gasteiger partial charge in [-0.3, -0.25) is 0 Å². The molecule has 1 heterocycles. The minimum absolute atomic E-state index is 0.174. The molecule has 1 aliphatic carbocycles. The molecule has 0 radical (unpaired) electrons. The lowest BCUT2D eigenvalue weighted by Crippen LogP contribution is -2.17. The van der Waals surface area contributed by atoms with Crippen LogP contribution < -0.4 is 4.90 Å². The number of rotatable bonds is 6. The highest BCUT2D eigenvalue weighted by Gasteiger charge is 2.36. The van der Waals surface area contributed by atoms with Gasteiger partial charge in [0.25, 0.3) is 0 Å². The topological polar surface area (TPSA) is 8.17 Å². The number of benzene rings is 9. The fourth-order valence-electron chi connectivity index (χ4n) is 9.57. The summed E-state index contributed by atoms with van der Waals surface area (Å²) in [6.07, 6.45) is 0. The Morgan fingerprint density at radius 1 is 0.448 bits per heavy atom. The van der Waals surface area contributed by atoms with Crippen LogP contribution in [0.1, 0.15) is 25.0 Å². The zero-order chi connectivity index (χ0) is 39.0. The summed E-state index contributed by atoms with van der Waals surface area (Å²) in [5, 5.41) is 4.62. The molecule has 9 aromatic carbocycles. The molecule has 0 saturated carbocycles. The first-order valence-corrected chi connectivity index (χ1v) is 20.0. The van der Waals surface area contributed by atoms with E-state index in [2.05, 4.69) is 199 Å². The molecule has 0 unspecified atom stereocenters. The SMILES string of the molecule is CC1(C)c2ccccc2-c2ccc(N(c3ccc4c5ccccc5n(-c5ccccc5)c4c3)c3ccccc3-c3cccc4cccc(-c5cccc(F)c5)c34)cc21. The normalized spacial score (nSPS) is 12.9. The van der Waals surface area contributed by atoms with Crippen molar-refractivity contribution in [1.82, 2.24) is 4.57 Å². The summed E-state index contributed by atoms with van der Waals surface area (Å²) in [5.74, 6) is -0.247. The maximum Gasteiger partial charge on any atom is 0.123 e. The summed E-state index contributed by atoms with van der Waals surface area (Å²) in [6.45, 7) is 4.68. The molecule has 0 bridgehead atoms. The number of hydrogen-bond acceptors (Lipinski definition) is 1. The van der Waals surface area contributed by atoms with Crippen molar-refractivity contribution in [3.05, 3.63) is 217 Å². The number of hydrogen-bond donors (Lipinski definition) is 0. The molecule has 0 spiro atoms. The highest BCUT2D eigenvalue weighted by molar-refractivity contribution is 6.12. The van der Waals surface area contributed by atoms with Crippen LogP contribution in [0, 0.1) is 5.82 Å². The number of nitrogens with zero attached hydrogens (tertiary/aromatic N) is 2. The van der Waals surface area contributed by atoms with Gasteiger partial charge in [-0.2, -0.15) is 0 Å². The highest BCUT2D eigenvalue weighted by atomic mass is 19.1. The Balaban J connectivity index is 1.20. The fourth-order valence-corrected chi connectivity index (χ4v) is 9.57. The summed E-state index contributed by atoms with van der Waals surface area (Å²) >= 11 is 0. The molecule has 3 heteroatoms. The van der Waals surface area contributed by atoms with Crippen LogP contribution in [0.5, 0.6) is 0 Å². The first-order valence-electron chi connectivity index (χ1n) is 20.0. The molecule has 0 saturated heterocycles. The van der Waals surface area contributed by atoms with E-state index in [-0.39, 0.29) is 11.2 Å². The second kappa shape index (κ2) is 13.2. The number of para-hydroxylation sites is 3. The molecule has 0 N–H and O–H groups in total. The first-order chi connectivity index (χ1) is 28.5. The van der Waals surface area contributed by atoms with E-state index in [9.17, 15) is 4.39 Å². The lowest BCUT2D eigenvalue weighted by atomic mass is 9.82. The van der Waals surface area contributed by atoms with Crippen LogP contribution >= 0.6 is 0 Å². The van der Waals surface area contributed by atoms with Gasteiger partial charge in [0, 0.05) is 38.8 Å². The average molecular weight is 747 g/mol. The van der Waals surface area contributed by atoms with Crippen molar-refractivity contribution < 1.29 is 4.39 Å². The molecule has 0 amide bonds. The summed E-state index contributed by atoms with van der Waals surface area (Å²) in [6, 6.07) is 70.6. The Morgan fingerprint density at radius 3 is 1.93 bits per heavy atom. The highest BCUT2D eigenvalue weighted by Crippen LogP contribution is 2.52. The molecule has 276 valence electrons. The predicted molar refractivity (Wildman–Crippen MR) is 241 cm³/mol. The standard InChI is InChI=1S/C55H39FN2/c1-55(2)49-26-9-6-21-43(49)44-31-29-40(34-50(44)55)57(41-30-32-47-45-22-7-11-28-52(45)58(53(47)35-41)39-19-4-3-5-20-39)51-27-10-8-23-46(51)48-25-14-16-36-15-13-24-42(54(36)48)37-17-12-18-38(56)33-37/h3-35H,1-2H3. The summed E-state index contributed by atoms with van der Waals surface area (Å²) in [7, 11) is 0. The van der Waals surface area contributed by atoms with Gasteiger partial charge in [-0.15, -0.1) is 0 Å². The summed E-state index contributed by atoms with van der Waals surface area (Å²) < 4.78 is 17.2. The van der Waals surface area contributed by atoms with Crippen molar-refractivity contribution in [1.29, 1.82) is 0 Å². The van der Waals surface area contributed by atoms with Crippen molar-refractivity contribution in [3.8, 4) is 39.1 Å². The number of anilines is 3. The number of aromatic nitrogens is 1. The average Bonchev–Trinajstić information content (AvgIpc) is 3.71. The van der Waals surface area contributed by atoms with E-state index in [0.29, 0.717) is 0 Å². The van der Waals surface area contributed by atoms with Crippen LogP contribution in [0.2, 0.25) is 0 Å². The van der Waals surface area contributed by atoms with Crippen molar-refractivity contribution >= 4 is 49.6 Å². The van der Waals surface area contributed by atoms with Crippen molar-refractivity contribution in [2.24, 2.45) is 0 Å². The molecule has 1 aliphatic rings. The molecule has 2 nitrogen and oxygen atoms in total. The van der Waals surface area contributed by atoms with E-state index < -0.39 is 0 Å². The van der Waals surface area contributed by atoms with Gasteiger partial charge in [0.1, 0.15) is 5.82 Å². The molecule has 11 rings (SSSR count). The third kappa shape index (κ3) is 5.24. The fraction of sp³-hybridized carbons (Fsp3) is 0.0545. The molecule has 58 heavy (non-hydrogen) atoms. The van der Waals surface area contributed by atoms with Crippen LogP contribution in [0.15, 0.2) is 200 Å². The third-order valence-electron chi connectivity index (χ3n) is 12.2. The van der Waals surface area contributed by atoms with Gasteiger partial charge in [0.15, 0.2) is 0 Å². The van der Waals surface area contributed by atoms with Gasteiger partial charge in [-0.05, 0) is 110 Å². The second-order valence-corrected chi connectivity index (χ2v) is 15.9. The Kier molecular flexibility index (Phi) is 7.74. The third-order valence-corrected chi connectivity index (χ3v) is 12.2. The molecule has 0 atom stereocenters. The Labute approximate surface area is 337 Å². The van der Waals surface area contributed by atoms with Gasteiger partial charge in [-0.25, -0.2) is 4.39 Å². The van der Waals surface area contributed by atoms with Crippen molar-refractivity contribution in [2.75, 3.05) is 4.90 Å². The zero-order valence-electron chi connectivity index (χ0n) is 32.3. The van der Waals surface area contributed by atoms with E-state index in [1.165, 1.54) is 44.6 Å². The van der Waals surface area contributed by atoms with Gasteiger partial charge >= 0.3 is 0 Å². The van der Waals surface area contributed by atoms with Crippen molar-refractivity contribution in [3.63, 3.8) is 0 Å². The van der Waals surface area contributed by atoms with Gasteiger partial charge in [0.2, 0.25) is 0 Å². The smallest absolute Gasteiger partial charge is 0.123 e. The van der Waals surface area contributed by atoms with Crippen LogP contribution in [0.25, 0.3) is 71.6 Å². The van der Waals surface area contributed by atoms with E-state index in [4.69, 9.17) is 0 Å². The molecular formula is C55H39FN2. The van der Waals surface area contributed by atoms with Gasteiger partial charge in [0.05, 0.1) is 16.7 Å². The molecule has 0 aliphatic heterocycles. The van der Waals surface area contributed by atoms with Crippen molar-refractivity contribution in [2.45, 2.75) is 19.3 Å². The van der Waals surface area contributed by atoms with Crippen LogP contribution in [-0.4, -0.2) is 4.57 Å². The number of halogens is 1. The van der Waals surface area contributed by atoms with Gasteiger partial charge in [-0.1, -0.05) is 153 Å². The molecule has 0 fully saturated rings. The van der Waals surface area contributed by atoms with E-state index in [1.807, 2.05) is 6.07 Å². The van der Waals surface area contributed by atoms with Crippen LogP contribution in [0.4, 0.5) is 21.5 Å². The summed E-state index contributed by atoms with van der Waals surface area (Å²) in [4.78, 5) is 2.44. The number of fused-ring (bicyclic) bond motifs is 7. The Hall–Kier alpha value is -7.23. The van der Waals surface area contributed by atoms with Gasteiger partial charge < -0.3 is 9.47 Å². The Morgan fingerprint density at radius 2 is 1.09 bits per heavy atom. The maximum absolute atomic E-state index is 14.8. The molecule has 1 aromatic heterocycles. The predicted octanol–water partition coefficient (Wildman–Crippen LogP) is 15.2. The lowest BCUT2D eigenvalue weighted by Gasteiger charge is -2.30. The largest absolute Gasteiger partial charge is 0.310 e. The second-order valence-electron chi connectivity index (χ2n) is 15.9. The van der Waals surface area contributed by atoms with E-state index in [0.717, 1.165) is 61.3 Å².